The summed E-state index contributed by atoms with van der Waals surface area (Å²) in [6, 6.07) is 9.56. The Kier molecular flexibility index (Phi) is 6.69. The first-order chi connectivity index (χ1) is 14.6. The Hall–Kier alpha value is -2.38. The zero-order valence-corrected chi connectivity index (χ0v) is 16.9. The topological polar surface area (TPSA) is 54.5 Å². The second kappa shape index (κ2) is 9.62. The highest BCUT2D eigenvalue weighted by Gasteiger charge is 2.33. The third kappa shape index (κ3) is 5.02. The van der Waals surface area contributed by atoms with E-state index >= 15 is 0 Å². The fourth-order valence-electron chi connectivity index (χ4n) is 4.43. The van der Waals surface area contributed by atoms with Crippen molar-refractivity contribution in [2.75, 3.05) is 19.7 Å². The number of carbonyl (C=O) groups is 1. The molecule has 4 rings (SSSR count). The van der Waals surface area contributed by atoms with Crippen LogP contribution in [-0.2, 0) is 16.1 Å². The lowest BCUT2D eigenvalue weighted by atomic mass is 9.88. The molecule has 1 aromatic heterocycles. The summed E-state index contributed by atoms with van der Waals surface area (Å²) >= 11 is 0. The molecule has 1 N–H and O–H groups in total. The normalized spacial score (nSPS) is 23.3. The van der Waals surface area contributed by atoms with Crippen LogP contribution in [-0.4, -0.2) is 41.6 Å². The van der Waals surface area contributed by atoms with E-state index in [2.05, 4.69) is 15.2 Å². The Bertz CT molecular complexity index is 859. The zero-order chi connectivity index (χ0) is 20.9. The van der Waals surface area contributed by atoms with Gasteiger partial charge in [-0.15, -0.1) is 0 Å². The van der Waals surface area contributed by atoms with Crippen molar-refractivity contribution in [2.45, 2.75) is 44.4 Å². The monoisotopic (exact) mass is 415 g/mol. The number of piperidine rings is 1. The van der Waals surface area contributed by atoms with Crippen LogP contribution >= 0.6 is 0 Å². The van der Waals surface area contributed by atoms with Gasteiger partial charge in [0.05, 0.1) is 11.7 Å². The van der Waals surface area contributed by atoms with Crippen LogP contribution in [0.5, 0.6) is 0 Å². The summed E-state index contributed by atoms with van der Waals surface area (Å²) in [5, 5.41) is 3.18. The average Bonchev–Trinajstić information content (AvgIpc) is 3.30. The second-order valence-electron chi connectivity index (χ2n) is 8.13. The molecule has 2 fully saturated rings. The lowest BCUT2D eigenvalue weighted by Crippen LogP contribution is -2.45. The highest BCUT2D eigenvalue weighted by Crippen LogP contribution is 2.30. The molecule has 3 heterocycles. The predicted octanol–water partition coefficient (Wildman–Crippen LogP) is 3.61. The van der Waals surface area contributed by atoms with E-state index < -0.39 is 17.7 Å². The molecule has 3 atom stereocenters. The van der Waals surface area contributed by atoms with Gasteiger partial charge in [-0.25, -0.2) is 8.78 Å². The number of halogens is 2. The molecule has 2 saturated heterocycles. The molecular formula is C23H27F2N3O2. The number of nitrogens with zero attached hydrogens (tertiary/aromatic N) is 2. The van der Waals surface area contributed by atoms with E-state index in [9.17, 15) is 13.6 Å². The van der Waals surface area contributed by atoms with Crippen LogP contribution < -0.4 is 5.32 Å². The summed E-state index contributed by atoms with van der Waals surface area (Å²) in [6.45, 7) is 2.79. The molecule has 0 bridgehead atoms. The van der Waals surface area contributed by atoms with Crippen LogP contribution in [0.3, 0.4) is 0 Å². The highest BCUT2D eigenvalue weighted by molar-refractivity contribution is 5.81. The van der Waals surface area contributed by atoms with Gasteiger partial charge in [-0.05, 0) is 68.0 Å². The van der Waals surface area contributed by atoms with Gasteiger partial charge in [0.2, 0.25) is 5.91 Å². The van der Waals surface area contributed by atoms with E-state index in [1.54, 1.807) is 12.3 Å². The number of benzene rings is 1. The first-order valence-corrected chi connectivity index (χ1v) is 10.6. The van der Waals surface area contributed by atoms with Gasteiger partial charge in [-0.3, -0.25) is 14.7 Å². The molecule has 160 valence electrons. The Balaban J connectivity index is 1.48. The average molecular weight is 415 g/mol. The molecule has 2 aliphatic heterocycles. The molecule has 0 aliphatic carbocycles. The van der Waals surface area contributed by atoms with Crippen molar-refractivity contribution in [1.82, 2.24) is 15.2 Å². The van der Waals surface area contributed by atoms with Crippen molar-refractivity contribution in [3.05, 3.63) is 65.5 Å². The first-order valence-electron chi connectivity index (χ1n) is 10.6. The van der Waals surface area contributed by atoms with Gasteiger partial charge in [-0.2, -0.15) is 0 Å². The number of ether oxygens (including phenoxy) is 1. The van der Waals surface area contributed by atoms with E-state index in [1.807, 2.05) is 18.2 Å². The van der Waals surface area contributed by atoms with Gasteiger partial charge in [0.1, 0.15) is 6.10 Å². The Morgan fingerprint density at radius 3 is 2.83 bits per heavy atom. The molecule has 7 heteroatoms. The predicted molar refractivity (Wildman–Crippen MR) is 108 cm³/mol. The summed E-state index contributed by atoms with van der Waals surface area (Å²) in [5.41, 5.74) is 1.58. The number of carbonyl (C=O) groups excluding carboxylic acids is 1. The summed E-state index contributed by atoms with van der Waals surface area (Å²) in [6.07, 6.45) is 4.92. The SMILES string of the molecule is O=C(N[C@H](c1ccccn1)[C@H]1CCCN(Cc2ccc(F)c(F)c2)C1)[C@@H]1CCCO1. The van der Waals surface area contributed by atoms with E-state index in [1.165, 1.54) is 12.1 Å². The van der Waals surface area contributed by atoms with Crippen LogP contribution in [0, 0.1) is 17.6 Å². The zero-order valence-electron chi connectivity index (χ0n) is 16.9. The standard InChI is InChI=1S/C23H27F2N3O2/c24-18-9-8-16(13-19(18)25)14-28-11-3-5-17(15-28)22(20-6-1-2-10-26-20)27-23(29)21-7-4-12-30-21/h1-2,6,8-10,13,17,21-22H,3-5,7,11-12,14-15H2,(H,27,29)/t17-,21-,22-/m0/s1. The van der Waals surface area contributed by atoms with Crippen molar-refractivity contribution >= 4 is 5.91 Å². The number of rotatable bonds is 6. The smallest absolute Gasteiger partial charge is 0.249 e. The fourth-order valence-corrected chi connectivity index (χ4v) is 4.43. The third-order valence-corrected chi connectivity index (χ3v) is 5.93. The van der Waals surface area contributed by atoms with Gasteiger partial charge < -0.3 is 10.1 Å². The van der Waals surface area contributed by atoms with E-state index in [0.29, 0.717) is 13.2 Å². The van der Waals surface area contributed by atoms with Gasteiger partial charge in [0.15, 0.2) is 11.6 Å². The second-order valence-corrected chi connectivity index (χ2v) is 8.13. The van der Waals surface area contributed by atoms with Crippen LogP contribution in [0.4, 0.5) is 8.78 Å². The molecule has 5 nitrogen and oxygen atoms in total. The lowest BCUT2D eigenvalue weighted by Gasteiger charge is -2.37. The van der Waals surface area contributed by atoms with Gasteiger partial charge >= 0.3 is 0 Å². The van der Waals surface area contributed by atoms with Crippen LogP contribution in [0.1, 0.15) is 43.0 Å². The number of likely N-dealkylation sites (tertiary alicyclic amines) is 1. The third-order valence-electron chi connectivity index (χ3n) is 5.93. The molecule has 2 aliphatic rings. The van der Waals surface area contributed by atoms with E-state index in [4.69, 9.17) is 4.74 Å². The minimum atomic E-state index is -0.831. The number of aromatic nitrogens is 1. The number of pyridine rings is 1. The molecule has 1 aromatic carbocycles. The molecular weight excluding hydrogens is 388 g/mol. The molecule has 2 aromatic rings. The number of nitrogens with one attached hydrogen (secondary N) is 1. The number of hydrogen-bond acceptors (Lipinski definition) is 4. The highest BCUT2D eigenvalue weighted by atomic mass is 19.2. The van der Waals surface area contributed by atoms with E-state index in [-0.39, 0.29) is 17.9 Å². The van der Waals surface area contributed by atoms with Crippen molar-refractivity contribution < 1.29 is 18.3 Å². The van der Waals surface area contributed by atoms with Crippen LogP contribution in [0.2, 0.25) is 0 Å². The van der Waals surface area contributed by atoms with Crippen molar-refractivity contribution in [1.29, 1.82) is 0 Å². The Labute approximate surface area is 175 Å². The van der Waals surface area contributed by atoms with Gasteiger partial charge in [0.25, 0.3) is 0 Å². The maximum atomic E-state index is 13.6. The molecule has 0 radical (unpaired) electrons. The summed E-state index contributed by atoms with van der Waals surface area (Å²) < 4.78 is 32.4. The van der Waals surface area contributed by atoms with Gasteiger partial charge in [0, 0.05) is 25.9 Å². The number of amides is 1. The largest absolute Gasteiger partial charge is 0.368 e. The maximum Gasteiger partial charge on any atom is 0.249 e. The maximum absolute atomic E-state index is 13.6. The van der Waals surface area contributed by atoms with Crippen LogP contribution in [0.15, 0.2) is 42.6 Å². The molecule has 30 heavy (non-hydrogen) atoms. The first kappa shape index (κ1) is 20.9. The summed E-state index contributed by atoms with van der Waals surface area (Å²) in [7, 11) is 0. The minimum absolute atomic E-state index is 0.0825. The summed E-state index contributed by atoms with van der Waals surface area (Å²) in [5.74, 6) is -1.57. The van der Waals surface area contributed by atoms with Crippen LogP contribution in [0.25, 0.3) is 0 Å². The minimum Gasteiger partial charge on any atom is -0.368 e. The Morgan fingerprint density at radius 2 is 2.10 bits per heavy atom. The molecule has 0 spiro atoms. The lowest BCUT2D eigenvalue weighted by molar-refractivity contribution is -0.131. The molecule has 0 saturated carbocycles. The number of hydrogen-bond donors (Lipinski definition) is 1. The fraction of sp³-hybridized carbons (Fsp3) is 0.478. The summed E-state index contributed by atoms with van der Waals surface area (Å²) in [4.78, 5) is 19.5. The quantitative estimate of drug-likeness (QED) is 0.783. The molecule has 0 unspecified atom stereocenters. The van der Waals surface area contributed by atoms with Crippen molar-refractivity contribution in [3.8, 4) is 0 Å². The van der Waals surface area contributed by atoms with Gasteiger partial charge in [-0.1, -0.05) is 12.1 Å². The van der Waals surface area contributed by atoms with E-state index in [0.717, 1.165) is 50.0 Å². The Morgan fingerprint density at radius 1 is 1.20 bits per heavy atom. The van der Waals surface area contributed by atoms with Crippen molar-refractivity contribution in [3.63, 3.8) is 0 Å². The molecule has 1 amide bonds. The van der Waals surface area contributed by atoms with Crippen molar-refractivity contribution in [2.24, 2.45) is 5.92 Å².